The van der Waals surface area contributed by atoms with E-state index in [0.717, 1.165) is 12.2 Å². The summed E-state index contributed by atoms with van der Waals surface area (Å²) in [5.41, 5.74) is 1.13. The van der Waals surface area contributed by atoms with Crippen LogP contribution in [0.1, 0.15) is 13.8 Å². The highest BCUT2D eigenvalue weighted by atomic mass is 127. The fraction of sp³-hybridized carbons (Fsp3) is 0.500. The average molecular weight is 364 g/mol. The van der Waals surface area contributed by atoms with Crippen molar-refractivity contribution in [3.63, 3.8) is 0 Å². The summed E-state index contributed by atoms with van der Waals surface area (Å²) in [6.45, 7) is 5.57. The molecule has 0 amide bonds. The number of nitro benzene ring substituents is 1. The summed E-state index contributed by atoms with van der Waals surface area (Å²) < 4.78 is 5.74. The molecule has 0 aromatic heterocycles. The molecule has 0 radical (unpaired) electrons. The zero-order chi connectivity index (χ0) is 13.7. The Morgan fingerprint density at radius 3 is 2.61 bits per heavy atom. The van der Waals surface area contributed by atoms with Crippen LogP contribution >= 0.6 is 22.6 Å². The van der Waals surface area contributed by atoms with Crippen LogP contribution in [0.2, 0.25) is 0 Å². The van der Waals surface area contributed by atoms with E-state index in [1.807, 2.05) is 28.7 Å². The normalized spacial score (nSPS) is 10.7. The molecule has 0 N–H and O–H groups in total. The van der Waals surface area contributed by atoms with Gasteiger partial charge < -0.3 is 9.64 Å². The zero-order valence-corrected chi connectivity index (χ0v) is 12.9. The first-order valence-electron chi connectivity index (χ1n) is 5.67. The van der Waals surface area contributed by atoms with Crippen molar-refractivity contribution in [1.29, 1.82) is 0 Å². The number of halogens is 1. The average Bonchev–Trinajstić information content (AvgIpc) is 2.28. The van der Waals surface area contributed by atoms with E-state index in [0.29, 0.717) is 16.2 Å². The number of hydrogen-bond donors (Lipinski definition) is 0. The molecule has 6 heteroatoms. The van der Waals surface area contributed by atoms with E-state index in [2.05, 4.69) is 18.7 Å². The van der Waals surface area contributed by atoms with Gasteiger partial charge in [0, 0.05) is 31.5 Å². The SMILES string of the molecule is COCCN(c1ccc([N+](=O)[O-])c(I)c1)C(C)C. The van der Waals surface area contributed by atoms with Crippen LogP contribution in [-0.2, 0) is 4.74 Å². The van der Waals surface area contributed by atoms with Gasteiger partial charge in [-0.1, -0.05) is 0 Å². The van der Waals surface area contributed by atoms with E-state index in [4.69, 9.17) is 4.74 Å². The summed E-state index contributed by atoms with van der Waals surface area (Å²) in [5.74, 6) is 0. The fourth-order valence-corrected chi connectivity index (χ4v) is 2.39. The molecular weight excluding hydrogens is 347 g/mol. The van der Waals surface area contributed by atoms with Crippen LogP contribution in [-0.4, -0.2) is 31.2 Å². The van der Waals surface area contributed by atoms with Crippen molar-refractivity contribution in [2.45, 2.75) is 19.9 Å². The lowest BCUT2D eigenvalue weighted by molar-refractivity contribution is -0.385. The maximum Gasteiger partial charge on any atom is 0.282 e. The third-order valence-electron chi connectivity index (χ3n) is 2.62. The second-order valence-electron chi connectivity index (χ2n) is 4.17. The summed E-state index contributed by atoms with van der Waals surface area (Å²) >= 11 is 2.00. The van der Waals surface area contributed by atoms with Gasteiger partial charge in [0.15, 0.2) is 0 Å². The van der Waals surface area contributed by atoms with Gasteiger partial charge in [-0.3, -0.25) is 10.1 Å². The predicted molar refractivity (Wildman–Crippen MR) is 80.2 cm³/mol. The number of nitrogens with zero attached hydrogens (tertiary/aromatic N) is 2. The lowest BCUT2D eigenvalue weighted by Gasteiger charge is -2.28. The number of ether oxygens (including phenoxy) is 1. The van der Waals surface area contributed by atoms with Crippen molar-refractivity contribution in [3.8, 4) is 0 Å². The first-order valence-corrected chi connectivity index (χ1v) is 6.74. The Labute approximate surface area is 120 Å². The highest BCUT2D eigenvalue weighted by Gasteiger charge is 2.16. The van der Waals surface area contributed by atoms with Gasteiger partial charge in [-0.25, -0.2) is 0 Å². The summed E-state index contributed by atoms with van der Waals surface area (Å²) in [6, 6.07) is 5.50. The molecule has 18 heavy (non-hydrogen) atoms. The molecule has 5 nitrogen and oxygen atoms in total. The van der Waals surface area contributed by atoms with E-state index in [1.54, 1.807) is 19.2 Å². The van der Waals surface area contributed by atoms with Gasteiger partial charge in [-0.15, -0.1) is 0 Å². The van der Waals surface area contributed by atoms with Crippen LogP contribution in [0, 0.1) is 13.7 Å². The minimum absolute atomic E-state index is 0.148. The number of methoxy groups -OCH3 is 1. The first-order chi connectivity index (χ1) is 8.47. The molecule has 1 rings (SSSR count). The Morgan fingerprint density at radius 2 is 2.17 bits per heavy atom. The Hall–Kier alpha value is -0.890. The van der Waals surface area contributed by atoms with Crippen LogP contribution in [0.4, 0.5) is 11.4 Å². The number of anilines is 1. The molecular formula is C12H17IN2O3. The molecule has 0 saturated carbocycles. The standard InChI is InChI=1S/C12H17IN2O3/c1-9(2)14(6-7-18-3)10-4-5-12(15(16)17)11(13)8-10/h4-5,8-9H,6-7H2,1-3H3. The summed E-state index contributed by atoms with van der Waals surface area (Å²) in [4.78, 5) is 12.6. The molecule has 100 valence electrons. The van der Waals surface area contributed by atoms with Crippen LogP contribution < -0.4 is 4.90 Å². The van der Waals surface area contributed by atoms with Gasteiger partial charge in [0.1, 0.15) is 0 Å². The van der Waals surface area contributed by atoms with Crippen LogP contribution in [0.3, 0.4) is 0 Å². The van der Waals surface area contributed by atoms with Gasteiger partial charge in [-0.2, -0.15) is 0 Å². The smallest absolute Gasteiger partial charge is 0.282 e. The fourth-order valence-electron chi connectivity index (χ4n) is 1.70. The highest BCUT2D eigenvalue weighted by molar-refractivity contribution is 14.1. The molecule has 0 bridgehead atoms. The molecule has 0 spiro atoms. The van der Waals surface area contributed by atoms with Crippen molar-refractivity contribution < 1.29 is 9.66 Å². The maximum absolute atomic E-state index is 10.8. The highest BCUT2D eigenvalue weighted by Crippen LogP contribution is 2.27. The minimum Gasteiger partial charge on any atom is -0.383 e. The van der Waals surface area contributed by atoms with E-state index < -0.39 is 0 Å². The van der Waals surface area contributed by atoms with E-state index in [1.165, 1.54) is 0 Å². The molecule has 0 aliphatic carbocycles. The van der Waals surface area contributed by atoms with Gasteiger partial charge >= 0.3 is 0 Å². The van der Waals surface area contributed by atoms with E-state index >= 15 is 0 Å². The molecule has 0 atom stereocenters. The molecule has 0 aliphatic heterocycles. The Morgan fingerprint density at radius 1 is 1.50 bits per heavy atom. The number of benzene rings is 1. The van der Waals surface area contributed by atoms with Gasteiger partial charge in [0.05, 0.1) is 15.1 Å². The number of rotatable bonds is 6. The molecule has 0 aliphatic rings. The third-order valence-corrected chi connectivity index (χ3v) is 3.48. The molecule has 1 aromatic carbocycles. The first kappa shape index (κ1) is 15.2. The van der Waals surface area contributed by atoms with Crippen LogP contribution in [0.15, 0.2) is 18.2 Å². The second-order valence-corrected chi connectivity index (χ2v) is 5.33. The van der Waals surface area contributed by atoms with Crippen molar-refractivity contribution in [2.75, 3.05) is 25.2 Å². The zero-order valence-electron chi connectivity index (χ0n) is 10.7. The largest absolute Gasteiger partial charge is 0.383 e. The summed E-state index contributed by atoms with van der Waals surface area (Å²) in [6.07, 6.45) is 0. The monoisotopic (exact) mass is 364 g/mol. The Bertz CT molecular complexity index is 424. The topological polar surface area (TPSA) is 55.6 Å². The maximum atomic E-state index is 10.8. The molecule has 0 unspecified atom stereocenters. The van der Waals surface area contributed by atoms with Gasteiger partial charge in [0.25, 0.3) is 5.69 Å². The van der Waals surface area contributed by atoms with Crippen LogP contribution in [0.25, 0.3) is 0 Å². The Balaban J connectivity index is 2.99. The third kappa shape index (κ3) is 3.81. The summed E-state index contributed by atoms with van der Waals surface area (Å²) in [5, 5.41) is 10.8. The van der Waals surface area contributed by atoms with Crippen molar-refractivity contribution >= 4 is 34.0 Å². The van der Waals surface area contributed by atoms with E-state index in [9.17, 15) is 10.1 Å². The lowest BCUT2D eigenvalue weighted by atomic mass is 10.2. The van der Waals surface area contributed by atoms with Crippen molar-refractivity contribution in [1.82, 2.24) is 0 Å². The van der Waals surface area contributed by atoms with Gasteiger partial charge in [0.2, 0.25) is 0 Å². The van der Waals surface area contributed by atoms with E-state index in [-0.39, 0.29) is 10.6 Å². The lowest BCUT2D eigenvalue weighted by Crippen LogP contribution is -2.33. The molecule has 0 saturated heterocycles. The number of hydrogen-bond acceptors (Lipinski definition) is 4. The van der Waals surface area contributed by atoms with Crippen LogP contribution in [0.5, 0.6) is 0 Å². The minimum atomic E-state index is -0.361. The summed E-state index contributed by atoms with van der Waals surface area (Å²) in [7, 11) is 1.66. The van der Waals surface area contributed by atoms with Gasteiger partial charge in [-0.05, 0) is 48.6 Å². The molecule has 0 fully saturated rings. The quantitative estimate of drug-likeness (QED) is 0.442. The van der Waals surface area contributed by atoms with Crippen molar-refractivity contribution in [2.24, 2.45) is 0 Å². The number of nitro groups is 1. The molecule has 1 aromatic rings. The van der Waals surface area contributed by atoms with Crippen molar-refractivity contribution in [3.05, 3.63) is 31.9 Å². The predicted octanol–water partition coefficient (Wildman–Crippen LogP) is 3.06. The molecule has 0 heterocycles. The Kier molecular flexibility index (Phi) is 5.80. The second kappa shape index (κ2) is 6.89.